The fourth-order valence-corrected chi connectivity index (χ4v) is 0.769. The summed E-state index contributed by atoms with van der Waals surface area (Å²) in [4.78, 5) is 0. The third-order valence-corrected chi connectivity index (χ3v) is 1.40. The molecule has 0 aromatic heterocycles. The lowest BCUT2D eigenvalue weighted by Crippen LogP contribution is -2.27. The molecule has 0 heterocycles. The van der Waals surface area contributed by atoms with E-state index in [2.05, 4.69) is 5.32 Å². The number of nitrogens with one attached hydrogen (secondary N) is 1. The van der Waals surface area contributed by atoms with Gasteiger partial charge in [-0.1, -0.05) is 0 Å². The van der Waals surface area contributed by atoms with Crippen molar-refractivity contribution in [3.8, 4) is 0 Å². The minimum absolute atomic E-state index is 0.400. The predicted molar refractivity (Wildman–Crippen MR) is 45.1 cm³/mol. The van der Waals surface area contributed by atoms with Gasteiger partial charge in [0.05, 0.1) is 0 Å². The van der Waals surface area contributed by atoms with Crippen LogP contribution in [0.1, 0.15) is 12.8 Å². The quantitative estimate of drug-likeness (QED) is 0.448. The summed E-state index contributed by atoms with van der Waals surface area (Å²) in [7, 11) is 0. The zero-order chi connectivity index (χ0) is 8.53. The Bertz CT molecular complexity index is 80.1. The number of rotatable bonds is 7. The Morgan fingerprint density at radius 2 is 2.00 bits per heavy atom. The first kappa shape index (κ1) is 10.8. The number of hydrogen-bond donors (Lipinski definition) is 3. The molecular weight excluding hydrogens is 145 g/mol. The van der Waals surface area contributed by atoms with Crippen LogP contribution in [0, 0.1) is 0 Å². The van der Waals surface area contributed by atoms with Crippen molar-refractivity contribution in [2.75, 3.05) is 26.2 Å². The second-order valence-electron chi connectivity index (χ2n) is 2.52. The molecule has 0 rings (SSSR count). The third-order valence-electron chi connectivity index (χ3n) is 1.40. The molecule has 1 atom stereocenters. The van der Waals surface area contributed by atoms with Crippen LogP contribution in [0.25, 0.3) is 0 Å². The van der Waals surface area contributed by atoms with Gasteiger partial charge in [0.15, 0.2) is 0 Å². The molecule has 68 valence electrons. The highest BCUT2D eigenvalue weighted by molar-refractivity contribution is 4.60. The van der Waals surface area contributed by atoms with E-state index in [1.54, 1.807) is 0 Å². The van der Waals surface area contributed by atoms with E-state index in [9.17, 15) is 4.39 Å². The molecule has 1 unspecified atom stereocenters. The second-order valence-corrected chi connectivity index (χ2v) is 2.52. The van der Waals surface area contributed by atoms with E-state index in [1.807, 2.05) is 0 Å². The number of halogens is 1. The van der Waals surface area contributed by atoms with Crippen molar-refractivity contribution in [3.63, 3.8) is 0 Å². The maximum Gasteiger partial charge on any atom is 0.114 e. The normalized spacial score (nSPS) is 13.4. The standard InChI is InChI=1S/C7H18FN3/c8-7(2-4-10)6-11-5-1-3-9/h7,11H,1-6,9-10H2. The molecule has 5 N–H and O–H groups in total. The first-order valence-electron chi connectivity index (χ1n) is 4.06. The SMILES string of the molecule is NCCCNCC(F)CCN. The summed E-state index contributed by atoms with van der Waals surface area (Å²) in [6.07, 6.45) is 0.531. The monoisotopic (exact) mass is 163 g/mol. The summed E-state index contributed by atoms with van der Waals surface area (Å²) in [5, 5.41) is 2.96. The maximum atomic E-state index is 12.7. The van der Waals surface area contributed by atoms with E-state index in [1.165, 1.54) is 0 Å². The molecule has 4 heteroatoms. The van der Waals surface area contributed by atoms with Crippen LogP contribution in [-0.4, -0.2) is 32.4 Å². The molecule has 0 aromatic rings. The van der Waals surface area contributed by atoms with Gasteiger partial charge in [0.25, 0.3) is 0 Å². The summed E-state index contributed by atoms with van der Waals surface area (Å²) in [6, 6.07) is 0. The average molecular weight is 163 g/mol. The molecule has 0 aromatic carbocycles. The Balaban J connectivity index is 2.97. The molecule has 0 amide bonds. The topological polar surface area (TPSA) is 64.1 Å². The lowest BCUT2D eigenvalue weighted by atomic mass is 10.3. The number of nitrogens with two attached hydrogens (primary N) is 2. The van der Waals surface area contributed by atoms with Crippen LogP contribution in [0.4, 0.5) is 4.39 Å². The fourth-order valence-electron chi connectivity index (χ4n) is 0.769. The molecule has 0 bridgehead atoms. The third kappa shape index (κ3) is 7.71. The summed E-state index contributed by atoms with van der Waals surface area (Å²) < 4.78 is 12.7. The summed E-state index contributed by atoms with van der Waals surface area (Å²) >= 11 is 0. The molecule has 0 aliphatic carbocycles. The van der Waals surface area contributed by atoms with Gasteiger partial charge in [-0.15, -0.1) is 0 Å². The van der Waals surface area contributed by atoms with Gasteiger partial charge in [0.2, 0.25) is 0 Å². The first-order valence-corrected chi connectivity index (χ1v) is 4.06. The molecule has 0 aliphatic rings. The van der Waals surface area contributed by atoms with Crippen LogP contribution >= 0.6 is 0 Å². The Kier molecular flexibility index (Phi) is 7.78. The van der Waals surface area contributed by atoms with Gasteiger partial charge in [-0.3, -0.25) is 0 Å². The Morgan fingerprint density at radius 1 is 1.27 bits per heavy atom. The highest BCUT2D eigenvalue weighted by atomic mass is 19.1. The molecule has 3 nitrogen and oxygen atoms in total. The van der Waals surface area contributed by atoms with Crippen molar-refractivity contribution in [1.82, 2.24) is 5.32 Å². The van der Waals surface area contributed by atoms with Gasteiger partial charge in [-0.2, -0.15) is 0 Å². The molecule has 0 aliphatic heterocycles. The van der Waals surface area contributed by atoms with Crippen molar-refractivity contribution in [2.45, 2.75) is 19.0 Å². The first-order chi connectivity index (χ1) is 5.31. The van der Waals surface area contributed by atoms with Gasteiger partial charge in [0, 0.05) is 6.54 Å². The lowest BCUT2D eigenvalue weighted by molar-refractivity contribution is 0.305. The van der Waals surface area contributed by atoms with Crippen LogP contribution in [0.5, 0.6) is 0 Å². The van der Waals surface area contributed by atoms with E-state index in [0.717, 1.165) is 13.0 Å². The van der Waals surface area contributed by atoms with Crippen LogP contribution in [0.15, 0.2) is 0 Å². The molecule has 0 fully saturated rings. The van der Waals surface area contributed by atoms with Crippen molar-refractivity contribution in [2.24, 2.45) is 11.5 Å². The maximum absolute atomic E-state index is 12.7. The number of alkyl halides is 1. The summed E-state index contributed by atoms with van der Waals surface area (Å²) in [5.41, 5.74) is 10.4. The molecule has 0 saturated heterocycles. The minimum Gasteiger partial charge on any atom is -0.330 e. The van der Waals surface area contributed by atoms with Crippen molar-refractivity contribution in [1.29, 1.82) is 0 Å². The zero-order valence-electron chi connectivity index (χ0n) is 6.85. The highest BCUT2D eigenvalue weighted by Crippen LogP contribution is 1.92. The van der Waals surface area contributed by atoms with Crippen molar-refractivity contribution >= 4 is 0 Å². The van der Waals surface area contributed by atoms with Crippen LogP contribution < -0.4 is 16.8 Å². The summed E-state index contributed by atoms with van der Waals surface area (Å²) in [6.45, 7) is 2.26. The lowest BCUT2D eigenvalue weighted by Gasteiger charge is -2.07. The highest BCUT2D eigenvalue weighted by Gasteiger charge is 2.02. The van der Waals surface area contributed by atoms with Gasteiger partial charge in [0.1, 0.15) is 6.17 Å². The van der Waals surface area contributed by atoms with Crippen molar-refractivity contribution in [3.05, 3.63) is 0 Å². The van der Waals surface area contributed by atoms with Crippen LogP contribution in [0.2, 0.25) is 0 Å². The summed E-state index contributed by atoms with van der Waals surface area (Å²) in [5.74, 6) is 0. The van der Waals surface area contributed by atoms with E-state index >= 15 is 0 Å². The molecular formula is C7H18FN3. The predicted octanol–water partition coefficient (Wildman–Crippen LogP) is -0.388. The van der Waals surface area contributed by atoms with Gasteiger partial charge >= 0.3 is 0 Å². The smallest absolute Gasteiger partial charge is 0.114 e. The van der Waals surface area contributed by atoms with Gasteiger partial charge in [-0.25, -0.2) is 4.39 Å². The molecule has 0 radical (unpaired) electrons. The van der Waals surface area contributed by atoms with E-state index in [4.69, 9.17) is 11.5 Å². The van der Waals surface area contributed by atoms with Crippen LogP contribution in [0.3, 0.4) is 0 Å². The Labute approximate surface area is 67.3 Å². The van der Waals surface area contributed by atoms with Crippen LogP contribution in [-0.2, 0) is 0 Å². The number of hydrogen-bond acceptors (Lipinski definition) is 3. The Hall–Kier alpha value is -0.190. The van der Waals surface area contributed by atoms with Gasteiger partial charge < -0.3 is 16.8 Å². The fraction of sp³-hybridized carbons (Fsp3) is 1.00. The minimum atomic E-state index is -0.808. The second kappa shape index (κ2) is 7.91. The molecule has 11 heavy (non-hydrogen) atoms. The Morgan fingerprint density at radius 3 is 2.55 bits per heavy atom. The van der Waals surface area contributed by atoms with E-state index < -0.39 is 6.17 Å². The van der Waals surface area contributed by atoms with E-state index in [-0.39, 0.29) is 0 Å². The van der Waals surface area contributed by atoms with E-state index in [0.29, 0.717) is 26.1 Å². The van der Waals surface area contributed by atoms with Crippen molar-refractivity contribution < 1.29 is 4.39 Å². The van der Waals surface area contributed by atoms with Gasteiger partial charge in [-0.05, 0) is 32.5 Å². The zero-order valence-corrected chi connectivity index (χ0v) is 6.85. The average Bonchev–Trinajstić information content (AvgIpc) is 1.99. The molecule has 0 saturated carbocycles. The largest absolute Gasteiger partial charge is 0.330 e. The molecule has 0 spiro atoms.